The Morgan fingerprint density at radius 2 is 1.95 bits per heavy atom. The normalized spacial score (nSPS) is 17.1. The Bertz CT molecular complexity index is 719. The molecule has 0 spiro atoms. The lowest BCUT2D eigenvalue weighted by Gasteiger charge is -2.17. The third-order valence-corrected chi connectivity index (χ3v) is 4.17. The molecule has 1 aliphatic rings. The predicted octanol–water partition coefficient (Wildman–Crippen LogP) is 2.37. The van der Waals surface area contributed by atoms with Crippen LogP contribution in [0.15, 0.2) is 53.6 Å². The highest BCUT2D eigenvalue weighted by molar-refractivity contribution is 8.14. The maximum Gasteiger partial charge on any atom is 0.269 e. The number of hydrogen-bond donors (Lipinski definition) is 1. The van der Waals surface area contributed by atoms with Crippen molar-refractivity contribution in [1.29, 1.82) is 0 Å². The number of non-ortho nitro benzene ring substituents is 1. The molecule has 0 saturated carbocycles. The minimum atomic E-state index is -0.512. The van der Waals surface area contributed by atoms with E-state index in [9.17, 15) is 15.2 Å². The summed E-state index contributed by atoms with van der Waals surface area (Å²) in [5, 5.41) is 27.3. The number of hydrazone groups is 1. The van der Waals surface area contributed by atoms with Gasteiger partial charge in [0.15, 0.2) is 0 Å². The number of nitrogens with zero attached hydrogens (tertiary/aromatic N) is 2. The molecular weight excluding hydrogens is 290 g/mol. The van der Waals surface area contributed by atoms with Gasteiger partial charge in [-0.25, -0.2) is 0 Å². The van der Waals surface area contributed by atoms with Crippen LogP contribution in [0.25, 0.3) is 0 Å². The van der Waals surface area contributed by atoms with Crippen LogP contribution in [-0.2, 0) is 0 Å². The number of rotatable bonds is 3. The number of nitro benzene ring substituents is 1. The number of benzene rings is 2. The molecule has 0 radical (unpaired) electrons. The van der Waals surface area contributed by atoms with Gasteiger partial charge in [0.2, 0.25) is 0 Å². The van der Waals surface area contributed by atoms with E-state index in [1.807, 2.05) is 30.3 Å². The predicted molar refractivity (Wildman–Crippen MR) is 79.0 cm³/mol. The lowest BCUT2D eigenvalue weighted by atomic mass is 10.2. The fourth-order valence-electron chi connectivity index (χ4n) is 1.98. The Morgan fingerprint density at radius 3 is 2.67 bits per heavy atom. The maximum atomic E-state index is 11.9. The van der Waals surface area contributed by atoms with Gasteiger partial charge in [0, 0.05) is 17.7 Å². The van der Waals surface area contributed by atoms with E-state index < -0.39 is 10.3 Å². The first-order valence-corrected chi connectivity index (χ1v) is 7.04. The van der Waals surface area contributed by atoms with Crippen molar-refractivity contribution in [2.75, 3.05) is 0 Å². The van der Waals surface area contributed by atoms with Gasteiger partial charge in [-0.05, 0) is 5.56 Å². The summed E-state index contributed by atoms with van der Waals surface area (Å²) in [5.74, 6) is -0.241. The Balaban J connectivity index is 1.85. The Morgan fingerprint density at radius 1 is 1.19 bits per heavy atom. The molecule has 1 heterocycles. The third kappa shape index (κ3) is 2.68. The molecule has 7 heteroatoms. The van der Waals surface area contributed by atoms with E-state index in [1.165, 1.54) is 30.0 Å². The molecule has 0 unspecified atom stereocenters. The van der Waals surface area contributed by atoms with Crippen LogP contribution in [0.1, 0.15) is 16.5 Å². The molecule has 0 aromatic heterocycles. The molecule has 0 amide bonds. The average molecular weight is 300 g/mol. The van der Waals surface area contributed by atoms with Crippen molar-refractivity contribution in [2.45, 2.75) is 5.37 Å². The van der Waals surface area contributed by atoms with Gasteiger partial charge >= 0.3 is 0 Å². The van der Waals surface area contributed by atoms with Crippen LogP contribution >= 0.6 is 11.8 Å². The van der Waals surface area contributed by atoms with Gasteiger partial charge in [0.05, 0.1) is 4.92 Å². The Labute approximate surface area is 124 Å². The molecule has 106 valence electrons. The monoisotopic (exact) mass is 300 g/mol. The number of nitrogens with one attached hydrogen (secondary N) is 1. The van der Waals surface area contributed by atoms with Crippen LogP contribution < -0.4 is 10.5 Å². The van der Waals surface area contributed by atoms with Crippen molar-refractivity contribution in [3.8, 4) is 5.75 Å². The molecule has 3 rings (SSSR count). The van der Waals surface area contributed by atoms with Crippen LogP contribution in [-0.4, -0.2) is 9.97 Å². The molecule has 2 aromatic carbocycles. The van der Waals surface area contributed by atoms with Gasteiger partial charge in [-0.15, -0.1) is 5.75 Å². The first-order chi connectivity index (χ1) is 10.1. The Hall–Kier alpha value is -2.54. The molecule has 0 saturated heterocycles. The first kappa shape index (κ1) is 13.4. The minimum absolute atomic E-state index is 0.0971. The summed E-state index contributed by atoms with van der Waals surface area (Å²) < 4.78 is 0. The summed E-state index contributed by atoms with van der Waals surface area (Å²) >= 11 is 1.37. The smallest absolute Gasteiger partial charge is 0.269 e. The van der Waals surface area contributed by atoms with Crippen molar-refractivity contribution in [1.82, 2.24) is 5.43 Å². The molecule has 2 aromatic rings. The van der Waals surface area contributed by atoms with Crippen molar-refractivity contribution in [3.05, 3.63) is 69.8 Å². The van der Waals surface area contributed by atoms with Crippen molar-refractivity contribution in [2.24, 2.45) is 5.10 Å². The number of nitro groups is 1. The number of thioether (sulfide) groups is 1. The summed E-state index contributed by atoms with van der Waals surface area (Å²) in [5.41, 5.74) is 4.04. The molecule has 1 N–H and O–H groups in total. The molecule has 21 heavy (non-hydrogen) atoms. The third-order valence-electron chi connectivity index (χ3n) is 3.02. The van der Waals surface area contributed by atoms with E-state index in [0.29, 0.717) is 5.56 Å². The van der Waals surface area contributed by atoms with Gasteiger partial charge in [-0.3, -0.25) is 15.5 Å². The van der Waals surface area contributed by atoms with E-state index in [-0.39, 0.29) is 11.4 Å². The van der Waals surface area contributed by atoms with Crippen LogP contribution in [0.5, 0.6) is 5.75 Å². The number of hydrogen-bond acceptors (Lipinski definition) is 6. The van der Waals surface area contributed by atoms with Gasteiger partial charge in [-0.2, -0.15) is 5.10 Å². The second-order valence-electron chi connectivity index (χ2n) is 4.39. The maximum absolute atomic E-state index is 11.9. The second kappa shape index (κ2) is 5.45. The molecular formula is C14H10N3O3S-. The first-order valence-electron chi connectivity index (χ1n) is 6.16. The lowest BCUT2D eigenvalue weighted by Crippen LogP contribution is -2.10. The van der Waals surface area contributed by atoms with Crippen LogP contribution in [0.4, 0.5) is 5.69 Å². The fourth-order valence-corrected chi connectivity index (χ4v) is 3.00. The molecule has 1 atom stereocenters. The summed E-state index contributed by atoms with van der Waals surface area (Å²) in [6.45, 7) is 0. The van der Waals surface area contributed by atoms with Gasteiger partial charge in [0.1, 0.15) is 10.4 Å². The average Bonchev–Trinajstić information content (AvgIpc) is 2.98. The van der Waals surface area contributed by atoms with E-state index in [4.69, 9.17) is 0 Å². The highest BCUT2D eigenvalue weighted by Crippen LogP contribution is 2.38. The largest absolute Gasteiger partial charge is 0.872 e. The zero-order valence-electron chi connectivity index (χ0n) is 10.7. The lowest BCUT2D eigenvalue weighted by molar-refractivity contribution is -0.385. The molecule has 0 aliphatic carbocycles. The van der Waals surface area contributed by atoms with E-state index in [1.54, 1.807) is 0 Å². The van der Waals surface area contributed by atoms with Crippen molar-refractivity contribution in [3.63, 3.8) is 0 Å². The van der Waals surface area contributed by atoms with Crippen molar-refractivity contribution < 1.29 is 10.0 Å². The zero-order chi connectivity index (χ0) is 14.8. The molecule has 0 fully saturated rings. The minimum Gasteiger partial charge on any atom is -0.872 e. The Kier molecular flexibility index (Phi) is 3.49. The summed E-state index contributed by atoms with van der Waals surface area (Å²) in [6, 6.07) is 13.3. The molecule has 6 nitrogen and oxygen atoms in total. The van der Waals surface area contributed by atoms with Gasteiger partial charge in [0.25, 0.3) is 5.69 Å². The highest BCUT2D eigenvalue weighted by atomic mass is 32.2. The van der Waals surface area contributed by atoms with E-state index >= 15 is 0 Å². The SMILES string of the molecule is O=[N+]([O-])c1ccc([O-])c([C@@H]2NN=C(c3ccccc3)S2)c1. The zero-order valence-corrected chi connectivity index (χ0v) is 11.5. The van der Waals surface area contributed by atoms with Crippen molar-refractivity contribution >= 4 is 22.5 Å². The molecule has 0 bridgehead atoms. The summed E-state index contributed by atoms with van der Waals surface area (Å²) in [6.07, 6.45) is 0. The second-order valence-corrected chi connectivity index (χ2v) is 5.48. The van der Waals surface area contributed by atoms with Gasteiger partial charge < -0.3 is 5.11 Å². The quantitative estimate of drug-likeness (QED) is 0.694. The van der Waals surface area contributed by atoms with Crippen LogP contribution in [0.2, 0.25) is 0 Å². The van der Waals surface area contributed by atoms with Crippen LogP contribution in [0.3, 0.4) is 0 Å². The molecule has 1 aliphatic heterocycles. The van der Waals surface area contributed by atoms with E-state index in [2.05, 4.69) is 10.5 Å². The standard InChI is InChI=1S/C14H11N3O3S/c18-12-7-6-10(17(19)20)8-11(12)14-16-15-13(21-14)9-4-2-1-3-5-9/h1-8,14,16,18H/p-1/t14-/m1/s1. The van der Waals surface area contributed by atoms with Crippen LogP contribution in [0, 0.1) is 10.1 Å². The summed E-state index contributed by atoms with van der Waals surface area (Å²) in [7, 11) is 0. The van der Waals surface area contributed by atoms with Gasteiger partial charge in [-0.1, -0.05) is 48.2 Å². The summed E-state index contributed by atoms with van der Waals surface area (Å²) in [4.78, 5) is 10.3. The van der Waals surface area contributed by atoms with E-state index in [0.717, 1.165) is 10.6 Å². The topological polar surface area (TPSA) is 90.6 Å². The fraction of sp³-hybridized carbons (Fsp3) is 0.0714. The highest BCUT2D eigenvalue weighted by Gasteiger charge is 2.23.